The molecule has 3 aromatic carbocycles. The summed E-state index contributed by atoms with van der Waals surface area (Å²) < 4.78 is 24.5. The zero-order valence-electron chi connectivity index (χ0n) is 15.9. The zero-order valence-corrected chi connectivity index (χ0v) is 17.5. The van der Waals surface area contributed by atoms with Gasteiger partial charge in [-0.15, -0.1) is 10.2 Å². The van der Waals surface area contributed by atoms with E-state index in [1.54, 1.807) is 60.7 Å². The highest BCUT2D eigenvalue weighted by Crippen LogP contribution is 2.26. The van der Waals surface area contributed by atoms with E-state index in [1.807, 2.05) is 0 Å². The van der Waals surface area contributed by atoms with Crippen molar-refractivity contribution in [2.45, 2.75) is 5.22 Å². The molecule has 0 unspecified atom stereocenters. The Morgan fingerprint density at radius 3 is 2.45 bits per heavy atom. The van der Waals surface area contributed by atoms with Gasteiger partial charge in [-0.05, 0) is 66.7 Å². The monoisotopic (exact) mass is 455 g/mol. The van der Waals surface area contributed by atoms with Crippen LogP contribution < -0.4 is 10.1 Å². The molecule has 0 fully saturated rings. The number of nitrogens with zero attached hydrogens (tertiary/aromatic N) is 2. The van der Waals surface area contributed by atoms with Crippen LogP contribution in [0.4, 0.5) is 10.1 Å². The smallest absolute Gasteiger partial charge is 0.277 e. The van der Waals surface area contributed by atoms with Crippen LogP contribution in [-0.2, 0) is 4.79 Å². The molecule has 0 saturated heterocycles. The van der Waals surface area contributed by atoms with Crippen LogP contribution in [0.25, 0.3) is 11.5 Å². The Hall–Kier alpha value is -3.36. The molecular formula is C22H15ClFN3O3S. The van der Waals surface area contributed by atoms with Gasteiger partial charge in [0, 0.05) is 16.3 Å². The first-order chi connectivity index (χ1) is 15.0. The normalized spacial score (nSPS) is 10.6. The molecule has 31 heavy (non-hydrogen) atoms. The van der Waals surface area contributed by atoms with E-state index < -0.39 is 5.82 Å². The molecule has 0 aliphatic carbocycles. The largest absolute Gasteiger partial charge is 0.457 e. The van der Waals surface area contributed by atoms with Gasteiger partial charge < -0.3 is 14.5 Å². The van der Waals surface area contributed by atoms with Crippen molar-refractivity contribution in [3.63, 3.8) is 0 Å². The minimum absolute atomic E-state index is 0.0772. The van der Waals surface area contributed by atoms with Gasteiger partial charge >= 0.3 is 0 Å². The lowest BCUT2D eigenvalue weighted by molar-refractivity contribution is -0.113. The second-order valence-corrected chi connectivity index (χ2v) is 7.66. The number of thioether (sulfide) groups is 1. The minimum Gasteiger partial charge on any atom is -0.457 e. The summed E-state index contributed by atoms with van der Waals surface area (Å²) in [4.78, 5) is 12.2. The SMILES string of the molecule is O=C(CSc1nnc(-c2cccc(F)c2)o1)Nc1ccc(Oc2ccc(Cl)cc2)cc1. The fourth-order valence-corrected chi connectivity index (χ4v) is 3.26. The molecule has 0 radical (unpaired) electrons. The maximum absolute atomic E-state index is 13.3. The molecule has 1 amide bonds. The molecule has 1 N–H and O–H groups in total. The fourth-order valence-electron chi connectivity index (χ4n) is 2.58. The molecule has 0 saturated carbocycles. The lowest BCUT2D eigenvalue weighted by Crippen LogP contribution is -2.13. The molecule has 0 aliphatic heterocycles. The molecule has 4 aromatic rings. The molecular weight excluding hydrogens is 441 g/mol. The second-order valence-electron chi connectivity index (χ2n) is 6.30. The Kier molecular flexibility index (Phi) is 6.49. The standard InChI is InChI=1S/C22H15ClFN3O3S/c23-15-4-8-18(9-5-15)29-19-10-6-17(7-11-19)25-20(28)13-31-22-27-26-21(30-22)14-2-1-3-16(24)12-14/h1-12H,13H2,(H,25,28). The summed E-state index contributed by atoms with van der Waals surface area (Å²) in [5.74, 6) is 0.933. The van der Waals surface area contributed by atoms with E-state index >= 15 is 0 Å². The first kappa shape index (κ1) is 20.9. The minimum atomic E-state index is -0.395. The van der Waals surface area contributed by atoms with Gasteiger partial charge in [0.15, 0.2) is 0 Å². The number of aromatic nitrogens is 2. The summed E-state index contributed by atoms with van der Waals surface area (Å²) in [6.07, 6.45) is 0. The Morgan fingerprint density at radius 1 is 1.03 bits per heavy atom. The van der Waals surface area contributed by atoms with Crippen LogP contribution in [0.3, 0.4) is 0 Å². The number of halogens is 2. The third-order valence-electron chi connectivity index (χ3n) is 3.99. The van der Waals surface area contributed by atoms with Gasteiger partial charge in [0.1, 0.15) is 17.3 Å². The molecule has 1 heterocycles. The van der Waals surface area contributed by atoms with E-state index in [4.69, 9.17) is 20.8 Å². The molecule has 6 nitrogen and oxygen atoms in total. The first-order valence-corrected chi connectivity index (χ1v) is 10.5. The van der Waals surface area contributed by atoms with E-state index in [2.05, 4.69) is 15.5 Å². The van der Waals surface area contributed by atoms with E-state index in [1.165, 1.54) is 12.1 Å². The van der Waals surface area contributed by atoms with Crippen LogP contribution in [0.5, 0.6) is 11.5 Å². The topological polar surface area (TPSA) is 77.2 Å². The molecule has 1 aromatic heterocycles. The number of carbonyl (C=O) groups is 1. The number of hydrogen-bond acceptors (Lipinski definition) is 6. The lowest BCUT2D eigenvalue weighted by Gasteiger charge is -2.08. The molecule has 0 atom stereocenters. The van der Waals surface area contributed by atoms with Crippen LogP contribution in [0.15, 0.2) is 82.4 Å². The van der Waals surface area contributed by atoms with Crippen LogP contribution >= 0.6 is 23.4 Å². The number of nitrogens with one attached hydrogen (secondary N) is 1. The Balaban J connectivity index is 1.28. The lowest BCUT2D eigenvalue weighted by atomic mass is 10.2. The van der Waals surface area contributed by atoms with E-state index in [-0.39, 0.29) is 22.8 Å². The van der Waals surface area contributed by atoms with Gasteiger partial charge in [-0.3, -0.25) is 4.79 Å². The van der Waals surface area contributed by atoms with Crippen molar-refractivity contribution < 1.29 is 18.3 Å². The predicted molar refractivity (Wildman–Crippen MR) is 117 cm³/mol. The number of amides is 1. The van der Waals surface area contributed by atoms with Gasteiger partial charge in [-0.2, -0.15) is 0 Å². The Labute approximate surface area is 186 Å². The summed E-state index contributed by atoms with van der Waals surface area (Å²) in [7, 11) is 0. The Morgan fingerprint density at radius 2 is 1.74 bits per heavy atom. The second kappa shape index (κ2) is 9.63. The maximum atomic E-state index is 13.3. The third-order valence-corrected chi connectivity index (χ3v) is 5.06. The number of hydrogen-bond donors (Lipinski definition) is 1. The number of rotatable bonds is 7. The van der Waals surface area contributed by atoms with Crippen molar-refractivity contribution in [3.8, 4) is 23.0 Å². The first-order valence-electron chi connectivity index (χ1n) is 9.11. The summed E-state index contributed by atoms with van der Waals surface area (Å²) in [5.41, 5.74) is 1.10. The van der Waals surface area contributed by atoms with Crippen molar-refractivity contribution >= 4 is 35.0 Å². The summed E-state index contributed by atoms with van der Waals surface area (Å²) in [5, 5.41) is 11.4. The van der Waals surface area contributed by atoms with E-state index in [0.29, 0.717) is 27.8 Å². The highest BCUT2D eigenvalue weighted by molar-refractivity contribution is 7.99. The molecule has 0 bridgehead atoms. The van der Waals surface area contributed by atoms with Crippen LogP contribution in [0.1, 0.15) is 0 Å². The van der Waals surface area contributed by atoms with Gasteiger partial charge in [0.05, 0.1) is 5.75 Å². The van der Waals surface area contributed by atoms with Crippen molar-refractivity contribution in [1.82, 2.24) is 10.2 Å². The molecule has 0 aliphatic rings. The number of benzene rings is 3. The summed E-state index contributed by atoms with van der Waals surface area (Å²) in [6, 6.07) is 19.9. The van der Waals surface area contributed by atoms with Crippen molar-refractivity contribution in [3.05, 3.63) is 83.6 Å². The third kappa shape index (κ3) is 5.84. The van der Waals surface area contributed by atoms with Crippen LogP contribution in [0, 0.1) is 5.82 Å². The molecule has 0 spiro atoms. The number of ether oxygens (including phenoxy) is 1. The highest BCUT2D eigenvalue weighted by atomic mass is 35.5. The van der Waals surface area contributed by atoms with Crippen LogP contribution in [-0.4, -0.2) is 21.9 Å². The van der Waals surface area contributed by atoms with Gasteiger partial charge in [0.25, 0.3) is 5.22 Å². The quantitative estimate of drug-likeness (QED) is 0.342. The summed E-state index contributed by atoms with van der Waals surface area (Å²) >= 11 is 6.95. The van der Waals surface area contributed by atoms with Gasteiger partial charge in [-0.1, -0.05) is 29.4 Å². The summed E-state index contributed by atoms with van der Waals surface area (Å²) in [6.45, 7) is 0. The Bertz CT molecular complexity index is 1180. The average molecular weight is 456 g/mol. The number of carbonyl (C=O) groups excluding carboxylic acids is 1. The van der Waals surface area contributed by atoms with Crippen LogP contribution in [0.2, 0.25) is 5.02 Å². The van der Waals surface area contributed by atoms with E-state index in [0.717, 1.165) is 11.8 Å². The predicted octanol–water partition coefficient (Wildman–Crippen LogP) is 6.05. The molecule has 9 heteroatoms. The molecule has 156 valence electrons. The fraction of sp³-hybridized carbons (Fsp3) is 0.0455. The highest BCUT2D eigenvalue weighted by Gasteiger charge is 2.12. The van der Waals surface area contributed by atoms with Crippen molar-refractivity contribution in [1.29, 1.82) is 0 Å². The van der Waals surface area contributed by atoms with Crippen molar-refractivity contribution in [2.24, 2.45) is 0 Å². The van der Waals surface area contributed by atoms with E-state index in [9.17, 15) is 9.18 Å². The number of anilines is 1. The van der Waals surface area contributed by atoms with Gasteiger partial charge in [-0.25, -0.2) is 4.39 Å². The zero-order chi connectivity index (χ0) is 21.6. The average Bonchev–Trinajstić information content (AvgIpc) is 3.25. The van der Waals surface area contributed by atoms with Crippen molar-refractivity contribution in [2.75, 3.05) is 11.1 Å². The maximum Gasteiger partial charge on any atom is 0.277 e. The van der Waals surface area contributed by atoms with Gasteiger partial charge in [0.2, 0.25) is 11.8 Å². The molecule has 4 rings (SSSR count).